The molecule has 1 N–H and O–H groups in total. The molecule has 1 aliphatic rings. The van der Waals surface area contributed by atoms with Gasteiger partial charge in [0.1, 0.15) is 0 Å². The van der Waals surface area contributed by atoms with Crippen molar-refractivity contribution in [1.82, 2.24) is 20.0 Å². The molecule has 3 heterocycles. The van der Waals surface area contributed by atoms with Crippen molar-refractivity contribution in [3.8, 4) is 0 Å². The van der Waals surface area contributed by atoms with Crippen LogP contribution < -0.4 is 5.32 Å². The van der Waals surface area contributed by atoms with Gasteiger partial charge >= 0.3 is 0 Å². The first-order valence-corrected chi connectivity index (χ1v) is 8.42. The van der Waals surface area contributed by atoms with E-state index in [2.05, 4.69) is 10.4 Å². The quantitative estimate of drug-likeness (QED) is 0.928. The minimum absolute atomic E-state index is 0.0374. The summed E-state index contributed by atoms with van der Waals surface area (Å²) in [4.78, 5) is 15.7. The highest BCUT2D eigenvalue weighted by Gasteiger charge is 2.36. The molecule has 0 bridgehead atoms. The molecule has 3 rings (SSSR count). The Morgan fingerprint density at radius 3 is 3.00 bits per heavy atom. The number of hydrogen-bond donors (Lipinski definition) is 1. The SMILES string of the molecule is CN(Cc1ccc(Cl)s1)C(=O)[C@H]1CNC[C@@H]1c1cnn(C)c1. The zero-order chi connectivity index (χ0) is 15.7. The molecule has 2 aromatic rings. The van der Waals surface area contributed by atoms with Gasteiger partial charge in [-0.25, -0.2) is 0 Å². The fourth-order valence-electron chi connectivity index (χ4n) is 2.95. The normalized spacial score (nSPS) is 21.2. The molecule has 7 heteroatoms. The van der Waals surface area contributed by atoms with Crippen molar-refractivity contribution in [2.24, 2.45) is 13.0 Å². The van der Waals surface area contributed by atoms with Crippen LogP contribution in [0.15, 0.2) is 24.5 Å². The van der Waals surface area contributed by atoms with E-state index in [1.54, 1.807) is 9.58 Å². The van der Waals surface area contributed by atoms with E-state index in [0.717, 1.165) is 21.3 Å². The zero-order valence-electron chi connectivity index (χ0n) is 12.6. The Morgan fingerprint density at radius 1 is 1.55 bits per heavy atom. The first-order chi connectivity index (χ1) is 10.5. The Morgan fingerprint density at radius 2 is 2.36 bits per heavy atom. The Bertz CT molecular complexity index is 668. The van der Waals surface area contributed by atoms with Crippen LogP contribution in [-0.2, 0) is 18.4 Å². The highest BCUT2D eigenvalue weighted by Crippen LogP contribution is 2.30. The second-order valence-corrected chi connectivity index (χ2v) is 7.52. The van der Waals surface area contributed by atoms with Gasteiger partial charge in [0, 0.05) is 44.2 Å². The fraction of sp³-hybridized carbons (Fsp3) is 0.467. The molecule has 0 aliphatic carbocycles. The summed E-state index contributed by atoms with van der Waals surface area (Å²) in [7, 11) is 3.75. The second-order valence-electron chi connectivity index (χ2n) is 5.72. The van der Waals surface area contributed by atoms with E-state index in [-0.39, 0.29) is 17.7 Å². The number of aromatic nitrogens is 2. The molecule has 0 saturated carbocycles. The number of amides is 1. The Balaban J connectivity index is 1.70. The number of nitrogens with zero attached hydrogens (tertiary/aromatic N) is 3. The van der Waals surface area contributed by atoms with Gasteiger partial charge in [-0.15, -0.1) is 11.3 Å². The molecule has 118 valence electrons. The third kappa shape index (κ3) is 3.19. The summed E-state index contributed by atoms with van der Waals surface area (Å²) in [6.45, 7) is 2.14. The molecule has 0 spiro atoms. The molecule has 1 saturated heterocycles. The van der Waals surface area contributed by atoms with Gasteiger partial charge in [-0.05, 0) is 17.7 Å². The van der Waals surface area contributed by atoms with Crippen molar-refractivity contribution >= 4 is 28.8 Å². The van der Waals surface area contributed by atoms with Crippen molar-refractivity contribution in [2.75, 3.05) is 20.1 Å². The van der Waals surface area contributed by atoms with E-state index in [0.29, 0.717) is 13.1 Å². The van der Waals surface area contributed by atoms with E-state index in [1.165, 1.54) is 11.3 Å². The van der Waals surface area contributed by atoms with E-state index < -0.39 is 0 Å². The average Bonchev–Trinajstić information content (AvgIpc) is 3.18. The van der Waals surface area contributed by atoms with Gasteiger partial charge in [-0.3, -0.25) is 9.48 Å². The first kappa shape index (κ1) is 15.5. The molecule has 22 heavy (non-hydrogen) atoms. The minimum Gasteiger partial charge on any atom is -0.340 e. The van der Waals surface area contributed by atoms with Crippen LogP contribution in [0.4, 0.5) is 0 Å². The second kappa shape index (κ2) is 6.40. The van der Waals surface area contributed by atoms with Gasteiger partial charge in [0.05, 0.1) is 23.0 Å². The lowest BCUT2D eigenvalue weighted by Crippen LogP contribution is -2.35. The number of rotatable bonds is 4. The van der Waals surface area contributed by atoms with Crippen LogP contribution in [-0.4, -0.2) is 40.7 Å². The number of carbonyl (C=O) groups excluding carboxylic acids is 1. The minimum atomic E-state index is -0.0374. The predicted octanol–water partition coefficient (Wildman–Crippen LogP) is 2.10. The van der Waals surface area contributed by atoms with Crippen LogP contribution in [0.5, 0.6) is 0 Å². The Kier molecular flexibility index (Phi) is 4.52. The lowest BCUT2D eigenvalue weighted by Gasteiger charge is -2.23. The summed E-state index contributed by atoms with van der Waals surface area (Å²) in [5.41, 5.74) is 1.12. The average molecular weight is 339 g/mol. The molecular weight excluding hydrogens is 320 g/mol. The van der Waals surface area contributed by atoms with Crippen LogP contribution in [0.1, 0.15) is 16.4 Å². The lowest BCUT2D eigenvalue weighted by molar-refractivity contribution is -0.134. The molecule has 1 aliphatic heterocycles. The van der Waals surface area contributed by atoms with Crippen molar-refractivity contribution < 1.29 is 4.79 Å². The van der Waals surface area contributed by atoms with Crippen molar-refractivity contribution in [3.63, 3.8) is 0 Å². The van der Waals surface area contributed by atoms with Crippen LogP contribution in [0, 0.1) is 5.92 Å². The molecule has 1 amide bonds. The summed E-state index contributed by atoms with van der Waals surface area (Å²) in [5.74, 6) is 0.323. The van der Waals surface area contributed by atoms with Crippen molar-refractivity contribution in [1.29, 1.82) is 0 Å². The number of carbonyl (C=O) groups is 1. The third-order valence-electron chi connectivity index (χ3n) is 4.08. The smallest absolute Gasteiger partial charge is 0.227 e. The largest absolute Gasteiger partial charge is 0.340 e. The maximum atomic E-state index is 12.8. The summed E-state index contributed by atoms with van der Waals surface area (Å²) >= 11 is 7.47. The molecule has 0 radical (unpaired) electrons. The van der Waals surface area contributed by atoms with E-state index in [4.69, 9.17) is 11.6 Å². The van der Waals surface area contributed by atoms with Gasteiger partial charge in [-0.1, -0.05) is 11.6 Å². The van der Waals surface area contributed by atoms with Gasteiger partial charge in [0.2, 0.25) is 5.91 Å². The molecular formula is C15H19ClN4OS. The highest BCUT2D eigenvalue weighted by atomic mass is 35.5. The molecule has 0 unspecified atom stereocenters. The number of hydrogen-bond acceptors (Lipinski definition) is 4. The van der Waals surface area contributed by atoms with Gasteiger partial charge in [-0.2, -0.15) is 5.10 Å². The molecule has 2 atom stereocenters. The molecule has 5 nitrogen and oxygen atoms in total. The number of thiophene rings is 1. The lowest BCUT2D eigenvalue weighted by atomic mass is 9.90. The zero-order valence-corrected chi connectivity index (χ0v) is 14.2. The van der Waals surface area contributed by atoms with Crippen LogP contribution in [0.25, 0.3) is 0 Å². The number of halogens is 1. The summed E-state index contributed by atoms with van der Waals surface area (Å²) in [5, 5.41) is 7.55. The molecule has 1 fully saturated rings. The molecule has 2 aromatic heterocycles. The summed E-state index contributed by atoms with van der Waals surface area (Å²) in [6, 6.07) is 3.84. The van der Waals surface area contributed by atoms with Gasteiger partial charge < -0.3 is 10.2 Å². The Hall–Kier alpha value is -1.37. The first-order valence-electron chi connectivity index (χ1n) is 7.23. The summed E-state index contributed by atoms with van der Waals surface area (Å²) < 4.78 is 2.54. The van der Waals surface area contributed by atoms with E-state index in [1.807, 2.05) is 38.6 Å². The predicted molar refractivity (Wildman–Crippen MR) is 88.1 cm³/mol. The third-order valence-corrected chi connectivity index (χ3v) is 5.30. The monoisotopic (exact) mass is 338 g/mol. The summed E-state index contributed by atoms with van der Waals surface area (Å²) in [6.07, 6.45) is 3.86. The Labute approximate surface area is 138 Å². The van der Waals surface area contributed by atoms with Crippen LogP contribution >= 0.6 is 22.9 Å². The number of nitrogens with one attached hydrogen (secondary N) is 1. The maximum Gasteiger partial charge on any atom is 0.227 e. The van der Waals surface area contributed by atoms with Gasteiger partial charge in [0.15, 0.2) is 0 Å². The van der Waals surface area contributed by atoms with Crippen molar-refractivity contribution in [3.05, 3.63) is 39.3 Å². The standard InChI is InChI=1S/C15H19ClN4OS/c1-19(9-11-3-4-14(16)22-11)15(21)13-7-17-6-12(13)10-5-18-20(2)8-10/h3-5,8,12-13,17H,6-7,9H2,1-2H3/t12-,13+/m1/s1. The van der Waals surface area contributed by atoms with E-state index >= 15 is 0 Å². The molecule has 0 aromatic carbocycles. The maximum absolute atomic E-state index is 12.8. The van der Waals surface area contributed by atoms with Gasteiger partial charge in [0.25, 0.3) is 0 Å². The highest BCUT2D eigenvalue weighted by molar-refractivity contribution is 7.16. The van der Waals surface area contributed by atoms with Crippen LogP contribution in [0.2, 0.25) is 4.34 Å². The topological polar surface area (TPSA) is 50.2 Å². The number of aryl methyl sites for hydroxylation is 1. The van der Waals surface area contributed by atoms with E-state index in [9.17, 15) is 4.79 Å². The fourth-order valence-corrected chi connectivity index (χ4v) is 4.09. The van der Waals surface area contributed by atoms with Crippen LogP contribution in [0.3, 0.4) is 0 Å². The van der Waals surface area contributed by atoms with Crippen molar-refractivity contribution in [2.45, 2.75) is 12.5 Å².